The minimum Gasteiger partial charge on any atom is -0.393 e. The van der Waals surface area contributed by atoms with Crippen LogP contribution in [0.3, 0.4) is 0 Å². The number of fused-ring (bicyclic) bond motifs is 4. The van der Waals surface area contributed by atoms with Crippen molar-refractivity contribution in [3.05, 3.63) is 11.1 Å². The number of aliphatic hydroxyl groups is 1. The second kappa shape index (κ2) is 7.75. The monoisotopic (exact) mass is 386 g/mol. The van der Waals surface area contributed by atoms with Crippen molar-refractivity contribution in [1.82, 2.24) is 0 Å². The fraction of sp³-hybridized carbons (Fsp3) is 0.926. The van der Waals surface area contributed by atoms with Gasteiger partial charge in [0.1, 0.15) is 0 Å². The minimum atomic E-state index is -0.0244. The average Bonchev–Trinajstić information content (AvgIpc) is 2.99. The lowest BCUT2D eigenvalue weighted by atomic mass is 9.49. The molecule has 0 heterocycles. The molecule has 1 heteroatoms. The third-order valence-electron chi connectivity index (χ3n) is 10.2. The molecule has 0 aliphatic heterocycles. The van der Waals surface area contributed by atoms with Gasteiger partial charge in [-0.3, -0.25) is 0 Å². The van der Waals surface area contributed by atoms with Gasteiger partial charge in [0.2, 0.25) is 0 Å². The molecule has 0 spiro atoms. The van der Waals surface area contributed by atoms with Gasteiger partial charge in [0.25, 0.3) is 0 Å². The minimum absolute atomic E-state index is 0.0244. The molecular formula is C27H46O. The van der Waals surface area contributed by atoms with Crippen LogP contribution in [0.25, 0.3) is 0 Å². The first-order valence-electron chi connectivity index (χ1n) is 12.7. The third-order valence-corrected chi connectivity index (χ3v) is 10.2. The van der Waals surface area contributed by atoms with Crippen LogP contribution < -0.4 is 0 Å². The van der Waals surface area contributed by atoms with Crippen molar-refractivity contribution in [3.63, 3.8) is 0 Å². The van der Waals surface area contributed by atoms with Crippen LogP contribution in [-0.4, -0.2) is 11.2 Å². The number of hydrogen-bond donors (Lipinski definition) is 1. The standard InChI is InChI=1S/C27H46O/c1-18(2)7-6-8-19(3)23-11-12-24-22-10-9-20-17-21(28)13-15-26(20,4)25(22)14-16-27(23,24)5/h18-21,23,25,28H,6-17H2,1-5H3/t19-,20?,21?,23-,25+,26+,27-/m1/s1. The molecular weight excluding hydrogens is 340 g/mol. The lowest BCUT2D eigenvalue weighted by Crippen LogP contribution is -2.48. The van der Waals surface area contributed by atoms with Gasteiger partial charge in [-0.25, -0.2) is 0 Å². The fourth-order valence-corrected chi connectivity index (χ4v) is 8.47. The first-order valence-corrected chi connectivity index (χ1v) is 12.7. The summed E-state index contributed by atoms with van der Waals surface area (Å²) in [6.45, 7) is 12.6. The van der Waals surface area contributed by atoms with Gasteiger partial charge >= 0.3 is 0 Å². The lowest BCUT2D eigenvalue weighted by molar-refractivity contribution is -0.0381. The number of allylic oxidation sites excluding steroid dienone is 2. The van der Waals surface area contributed by atoms with E-state index in [0.29, 0.717) is 10.8 Å². The van der Waals surface area contributed by atoms with Crippen LogP contribution in [0, 0.1) is 40.4 Å². The molecule has 0 radical (unpaired) electrons. The van der Waals surface area contributed by atoms with Gasteiger partial charge in [0, 0.05) is 0 Å². The van der Waals surface area contributed by atoms with Crippen LogP contribution in [0.2, 0.25) is 0 Å². The zero-order chi connectivity index (χ0) is 20.1. The van der Waals surface area contributed by atoms with Crippen LogP contribution in [0.4, 0.5) is 0 Å². The summed E-state index contributed by atoms with van der Waals surface area (Å²) >= 11 is 0. The highest BCUT2D eigenvalue weighted by Gasteiger charge is 2.55. The summed E-state index contributed by atoms with van der Waals surface area (Å²) in [6.07, 6.45) is 16.0. The molecule has 1 nitrogen and oxygen atoms in total. The van der Waals surface area contributed by atoms with E-state index in [4.69, 9.17) is 0 Å². The van der Waals surface area contributed by atoms with Crippen molar-refractivity contribution in [2.24, 2.45) is 40.4 Å². The molecule has 4 aliphatic carbocycles. The highest BCUT2D eigenvalue weighted by Crippen LogP contribution is 2.65. The molecule has 0 aromatic heterocycles. The summed E-state index contributed by atoms with van der Waals surface area (Å²) in [5.41, 5.74) is 4.82. The molecule has 7 atom stereocenters. The van der Waals surface area contributed by atoms with Crippen molar-refractivity contribution in [2.45, 2.75) is 118 Å². The number of aliphatic hydroxyl groups excluding tert-OH is 1. The van der Waals surface area contributed by atoms with Gasteiger partial charge in [0.05, 0.1) is 6.10 Å². The first-order chi connectivity index (χ1) is 13.3. The van der Waals surface area contributed by atoms with Crippen LogP contribution >= 0.6 is 0 Å². The Hall–Kier alpha value is -0.300. The molecule has 28 heavy (non-hydrogen) atoms. The van der Waals surface area contributed by atoms with E-state index in [-0.39, 0.29) is 6.10 Å². The summed E-state index contributed by atoms with van der Waals surface area (Å²) in [4.78, 5) is 0. The predicted molar refractivity (Wildman–Crippen MR) is 119 cm³/mol. The van der Waals surface area contributed by atoms with Crippen molar-refractivity contribution in [2.75, 3.05) is 0 Å². The molecule has 4 rings (SSSR count). The third kappa shape index (κ3) is 3.42. The molecule has 3 saturated carbocycles. The van der Waals surface area contributed by atoms with Gasteiger partial charge in [-0.1, -0.05) is 65.0 Å². The van der Waals surface area contributed by atoms with E-state index in [2.05, 4.69) is 34.6 Å². The molecule has 0 bridgehead atoms. The summed E-state index contributed by atoms with van der Waals surface area (Å²) in [7, 11) is 0. The quantitative estimate of drug-likeness (QED) is 0.484. The second-order valence-electron chi connectivity index (χ2n) is 12.1. The molecule has 0 aromatic carbocycles. The van der Waals surface area contributed by atoms with Gasteiger partial charge in [0.15, 0.2) is 0 Å². The second-order valence-corrected chi connectivity index (χ2v) is 12.1. The maximum Gasteiger partial charge on any atom is 0.0543 e. The van der Waals surface area contributed by atoms with Gasteiger partial charge in [-0.2, -0.15) is 0 Å². The molecule has 0 saturated heterocycles. The fourth-order valence-electron chi connectivity index (χ4n) is 8.47. The molecule has 2 unspecified atom stereocenters. The van der Waals surface area contributed by atoms with Gasteiger partial charge < -0.3 is 5.11 Å². The lowest BCUT2D eigenvalue weighted by Gasteiger charge is -2.56. The SMILES string of the molecule is CC(C)CCC[C@@H](C)[C@H]1CCC2=C3CCC4CC(O)CC[C@]4(C)[C@H]3CC[C@@]21C. The number of rotatable bonds is 5. The predicted octanol–water partition coefficient (Wildman–Crippen LogP) is 7.53. The summed E-state index contributed by atoms with van der Waals surface area (Å²) < 4.78 is 0. The van der Waals surface area contributed by atoms with E-state index in [1.54, 1.807) is 0 Å². The highest BCUT2D eigenvalue weighted by molar-refractivity contribution is 5.34. The molecule has 0 aromatic rings. The van der Waals surface area contributed by atoms with E-state index in [1.165, 1.54) is 64.2 Å². The topological polar surface area (TPSA) is 20.2 Å². The maximum atomic E-state index is 10.2. The Labute approximate surface area is 174 Å². The number of hydrogen-bond acceptors (Lipinski definition) is 1. The van der Waals surface area contributed by atoms with Crippen molar-refractivity contribution in [1.29, 1.82) is 0 Å². The van der Waals surface area contributed by atoms with E-state index < -0.39 is 0 Å². The Kier molecular flexibility index (Phi) is 5.80. The van der Waals surface area contributed by atoms with Crippen molar-refractivity contribution in [3.8, 4) is 0 Å². The Morgan fingerprint density at radius 3 is 2.50 bits per heavy atom. The van der Waals surface area contributed by atoms with E-state index in [0.717, 1.165) is 42.4 Å². The Bertz CT molecular complexity index is 603. The summed E-state index contributed by atoms with van der Waals surface area (Å²) in [5, 5.41) is 10.2. The summed E-state index contributed by atoms with van der Waals surface area (Å²) in [6, 6.07) is 0. The Balaban J connectivity index is 1.53. The van der Waals surface area contributed by atoms with Crippen LogP contribution in [0.5, 0.6) is 0 Å². The molecule has 1 N–H and O–H groups in total. The smallest absolute Gasteiger partial charge is 0.0543 e. The van der Waals surface area contributed by atoms with Crippen LogP contribution in [0.1, 0.15) is 112 Å². The van der Waals surface area contributed by atoms with Gasteiger partial charge in [-0.05, 0) is 98.2 Å². The van der Waals surface area contributed by atoms with Crippen molar-refractivity contribution >= 4 is 0 Å². The summed E-state index contributed by atoms with van der Waals surface area (Å²) in [5.74, 6) is 4.25. The molecule has 3 fully saturated rings. The maximum absolute atomic E-state index is 10.2. The molecule has 160 valence electrons. The van der Waals surface area contributed by atoms with Crippen molar-refractivity contribution < 1.29 is 5.11 Å². The zero-order valence-corrected chi connectivity index (χ0v) is 19.4. The van der Waals surface area contributed by atoms with Crippen LogP contribution in [0.15, 0.2) is 11.1 Å². The molecule has 0 amide bonds. The van der Waals surface area contributed by atoms with E-state index in [9.17, 15) is 5.11 Å². The molecule has 4 aliphatic rings. The zero-order valence-electron chi connectivity index (χ0n) is 19.4. The van der Waals surface area contributed by atoms with E-state index in [1.807, 2.05) is 11.1 Å². The Morgan fingerprint density at radius 1 is 0.964 bits per heavy atom. The van der Waals surface area contributed by atoms with E-state index >= 15 is 0 Å². The van der Waals surface area contributed by atoms with Crippen LogP contribution in [-0.2, 0) is 0 Å². The first kappa shape index (κ1) is 21.0. The largest absolute Gasteiger partial charge is 0.393 e. The average molecular weight is 387 g/mol. The Morgan fingerprint density at radius 2 is 1.75 bits per heavy atom. The highest BCUT2D eigenvalue weighted by atomic mass is 16.3. The van der Waals surface area contributed by atoms with Gasteiger partial charge in [-0.15, -0.1) is 0 Å². The normalized spacial score (nSPS) is 44.2.